The average molecular weight is 645 g/mol. The monoisotopic (exact) mass is 644 g/mol. The van der Waals surface area contributed by atoms with Crippen molar-refractivity contribution in [3.05, 3.63) is 36.1 Å². The maximum atomic E-state index is 15.1. The van der Waals surface area contributed by atoms with Gasteiger partial charge in [0.2, 0.25) is 0 Å². The number of alkyl halides is 6. The van der Waals surface area contributed by atoms with Gasteiger partial charge in [-0.2, -0.15) is 13.2 Å². The molecule has 6 rings (SSSR count). The van der Waals surface area contributed by atoms with Crippen molar-refractivity contribution < 1.29 is 40.1 Å². The first-order valence-corrected chi connectivity index (χ1v) is 16.9. The molecular formula is C28H27F6N4O3PS. The lowest BCUT2D eigenvalue weighted by molar-refractivity contribution is -0.206. The van der Waals surface area contributed by atoms with Crippen LogP contribution in [0.25, 0.3) is 11.0 Å². The number of thioether (sulfide) groups is 1. The molecule has 2 aromatic heterocycles. The summed E-state index contributed by atoms with van der Waals surface area (Å²) in [5, 5.41) is 5.86. The van der Waals surface area contributed by atoms with Crippen LogP contribution in [0.15, 0.2) is 39.6 Å². The van der Waals surface area contributed by atoms with Crippen molar-refractivity contribution in [3.63, 3.8) is 0 Å². The Kier molecular flexibility index (Phi) is 7.58. The lowest BCUT2D eigenvalue weighted by Crippen LogP contribution is -2.85. The summed E-state index contributed by atoms with van der Waals surface area (Å²) < 4.78 is 105. The van der Waals surface area contributed by atoms with Crippen molar-refractivity contribution in [2.45, 2.75) is 60.0 Å². The lowest BCUT2D eigenvalue weighted by Gasteiger charge is -2.68. The van der Waals surface area contributed by atoms with Gasteiger partial charge in [-0.15, -0.1) is 0 Å². The highest BCUT2D eigenvalue weighted by molar-refractivity contribution is 8.00. The molecule has 3 aliphatic heterocycles. The predicted molar refractivity (Wildman–Crippen MR) is 153 cm³/mol. The number of benzene rings is 1. The minimum absolute atomic E-state index is 0.0488. The molecular weight excluding hydrogens is 617 g/mol. The SMILES string of the molecule is CP(C)(=O)c1ccc(OCC#Cc2oc3c(N[C@@]45C[C@H]6CC[C@@H]([C@@H]4F)N65)cccc3c2SC(F)(F)F)c(NCC(F)F)n1. The Balaban J connectivity index is 1.26. The van der Waals surface area contributed by atoms with Crippen LogP contribution in [0.2, 0.25) is 0 Å². The van der Waals surface area contributed by atoms with E-state index >= 15 is 4.39 Å². The van der Waals surface area contributed by atoms with Gasteiger partial charge < -0.3 is 24.4 Å². The number of furan rings is 1. The molecule has 0 amide bonds. The summed E-state index contributed by atoms with van der Waals surface area (Å²) >= 11 is -0.361. The fourth-order valence-corrected chi connectivity index (χ4v) is 7.62. The highest BCUT2D eigenvalue weighted by Crippen LogP contribution is 2.60. The summed E-state index contributed by atoms with van der Waals surface area (Å²) in [7, 11) is -2.80. The minimum Gasteiger partial charge on any atom is -0.477 e. The Morgan fingerprint density at radius 1 is 1.26 bits per heavy atom. The van der Waals surface area contributed by atoms with Gasteiger partial charge in [-0.25, -0.2) is 18.2 Å². The van der Waals surface area contributed by atoms with E-state index in [1.165, 1.54) is 31.5 Å². The molecule has 43 heavy (non-hydrogen) atoms. The third kappa shape index (κ3) is 5.56. The van der Waals surface area contributed by atoms with Crippen LogP contribution < -0.4 is 20.8 Å². The predicted octanol–water partition coefficient (Wildman–Crippen LogP) is 6.49. The second-order valence-electron chi connectivity index (χ2n) is 11.1. The number of anilines is 2. The highest BCUT2D eigenvalue weighted by Gasteiger charge is 2.73. The average Bonchev–Trinajstić information content (AvgIpc) is 3.38. The highest BCUT2D eigenvalue weighted by atomic mass is 32.2. The number of para-hydroxylation sites is 1. The summed E-state index contributed by atoms with van der Waals surface area (Å²) in [5.41, 5.74) is -4.80. The quantitative estimate of drug-likeness (QED) is 0.119. The van der Waals surface area contributed by atoms with Gasteiger partial charge in [0.1, 0.15) is 24.8 Å². The molecule has 4 atom stereocenters. The van der Waals surface area contributed by atoms with E-state index in [1.54, 1.807) is 12.1 Å². The van der Waals surface area contributed by atoms with Gasteiger partial charge in [0.05, 0.1) is 17.1 Å². The number of piperidine rings is 1. The molecule has 7 nitrogen and oxygen atoms in total. The molecule has 2 N–H and O–H groups in total. The van der Waals surface area contributed by atoms with E-state index in [-0.39, 0.29) is 63.0 Å². The van der Waals surface area contributed by atoms with E-state index in [1.807, 2.05) is 0 Å². The molecule has 3 aromatic rings. The van der Waals surface area contributed by atoms with E-state index in [9.17, 15) is 26.5 Å². The number of halogens is 6. The van der Waals surface area contributed by atoms with Gasteiger partial charge >= 0.3 is 5.51 Å². The molecule has 3 saturated heterocycles. The number of aromatic nitrogens is 1. The molecule has 0 bridgehead atoms. The van der Waals surface area contributed by atoms with E-state index in [0.29, 0.717) is 18.2 Å². The molecule has 230 valence electrons. The van der Waals surface area contributed by atoms with Gasteiger partial charge in [-0.3, -0.25) is 4.90 Å². The van der Waals surface area contributed by atoms with Crippen molar-refractivity contribution in [1.29, 1.82) is 0 Å². The number of nitrogens with one attached hydrogen (secondary N) is 2. The van der Waals surface area contributed by atoms with Crippen molar-refractivity contribution >= 4 is 46.8 Å². The van der Waals surface area contributed by atoms with Crippen molar-refractivity contribution in [1.82, 2.24) is 9.88 Å². The van der Waals surface area contributed by atoms with Crippen LogP contribution >= 0.6 is 18.9 Å². The first-order chi connectivity index (χ1) is 20.3. The summed E-state index contributed by atoms with van der Waals surface area (Å²) in [4.78, 5) is 6.02. The standard InChI is InChI=1S/C28H27F6N4O3PS/c1-42(2,39)22-11-10-20(26(36-22)35-14-21(29)30)40-12-4-7-19-24(43-28(32,33)34)16-5-3-6-17(23(16)41-19)37-27-13-15-8-9-18(25(27)31)38(15)27/h3,5-6,10-11,15,18,21,25,37H,8-9,12-14H2,1-2H3,(H,35,36)/t15-,18+,25+,27-/m1/s1. The topological polar surface area (TPSA) is 79.6 Å². The van der Waals surface area contributed by atoms with E-state index < -0.39 is 37.5 Å². The second-order valence-corrected chi connectivity index (χ2v) is 15.3. The first kappa shape index (κ1) is 30.0. The number of ether oxygens (including phenoxy) is 1. The fraction of sp³-hybridized carbons (Fsp3) is 0.464. The lowest BCUT2D eigenvalue weighted by atomic mass is 9.73. The van der Waals surface area contributed by atoms with Crippen molar-refractivity contribution in [2.75, 3.05) is 37.1 Å². The van der Waals surface area contributed by atoms with Gasteiger partial charge in [0.25, 0.3) is 6.43 Å². The Hall–Kier alpha value is -3.01. The zero-order valence-electron chi connectivity index (χ0n) is 23.0. The number of rotatable bonds is 9. The summed E-state index contributed by atoms with van der Waals surface area (Å²) in [6.07, 6.45) is -1.46. The number of fused-ring (bicyclic) bond motifs is 1. The molecule has 5 heterocycles. The van der Waals surface area contributed by atoms with Gasteiger partial charge in [-0.1, -0.05) is 12.0 Å². The third-order valence-corrected chi connectivity index (χ3v) is 10.1. The number of hydrogen-bond acceptors (Lipinski definition) is 8. The molecule has 0 radical (unpaired) electrons. The zero-order chi connectivity index (χ0) is 30.7. The summed E-state index contributed by atoms with van der Waals surface area (Å²) in [6, 6.07) is 7.74. The van der Waals surface area contributed by atoms with Crippen LogP contribution in [0.3, 0.4) is 0 Å². The van der Waals surface area contributed by atoms with Crippen molar-refractivity contribution in [3.8, 4) is 17.6 Å². The van der Waals surface area contributed by atoms with Crippen LogP contribution in [0.5, 0.6) is 5.75 Å². The molecule has 0 unspecified atom stereocenters. The third-order valence-electron chi connectivity index (χ3n) is 7.91. The van der Waals surface area contributed by atoms with Gasteiger partial charge in [-0.05, 0) is 68.1 Å². The van der Waals surface area contributed by atoms with Crippen LogP contribution in [0.4, 0.5) is 37.8 Å². The van der Waals surface area contributed by atoms with Gasteiger partial charge in [0, 0.05) is 23.9 Å². The number of pyridine rings is 1. The molecule has 3 fully saturated rings. The molecule has 3 aliphatic rings. The van der Waals surface area contributed by atoms with E-state index in [0.717, 1.165) is 12.8 Å². The van der Waals surface area contributed by atoms with Crippen LogP contribution in [-0.2, 0) is 4.57 Å². The van der Waals surface area contributed by atoms with Crippen LogP contribution in [0, 0.1) is 11.8 Å². The smallest absolute Gasteiger partial charge is 0.446 e. The Morgan fingerprint density at radius 3 is 2.77 bits per heavy atom. The number of nitrogens with zero attached hydrogens (tertiary/aromatic N) is 2. The molecule has 0 saturated carbocycles. The molecule has 0 spiro atoms. The summed E-state index contributed by atoms with van der Waals surface area (Å²) in [5.74, 6) is 4.96. The normalized spacial score (nSPS) is 24.6. The summed E-state index contributed by atoms with van der Waals surface area (Å²) in [6.45, 7) is 1.89. The fourth-order valence-electron chi connectivity index (χ4n) is 6.16. The van der Waals surface area contributed by atoms with Gasteiger partial charge in [0.15, 0.2) is 29.1 Å². The van der Waals surface area contributed by atoms with Crippen molar-refractivity contribution in [2.24, 2.45) is 0 Å². The Morgan fingerprint density at radius 2 is 2.05 bits per heavy atom. The van der Waals surface area contributed by atoms with E-state index in [4.69, 9.17) is 9.15 Å². The maximum absolute atomic E-state index is 15.1. The van der Waals surface area contributed by atoms with E-state index in [2.05, 4.69) is 32.4 Å². The molecule has 0 aliphatic carbocycles. The first-order valence-electron chi connectivity index (χ1n) is 13.5. The molecule has 15 heteroatoms. The molecule has 1 aromatic carbocycles. The van der Waals surface area contributed by atoms with Crippen LogP contribution in [-0.4, -0.2) is 72.2 Å². The van der Waals surface area contributed by atoms with Crippen LogP contribution in [0.1, 0.15) is 25.0 Å². The maximum Gasteiger partial charge on any atom is 0.446 e. The largest absolute Gasteiger partial charge is 0.477 e. The minimum atomic E-state index is -4.63. The second kappa shape index (κ2) is 10.9. The Bertz CT molecular complexity index is 1670. The zero-order valence-corrected chi connectivity index (χ0v) is 24.7. The Labute approximate surface area is 247 Å². The number of hydrogen-bond donors (Lipinski definition) is 2.